The lowest BCUT2D eigenvalue weighted by molar-refractivity contribution is -0.154. The molecule has 0 aromatic carbocycles. The predicted molar refractivity (Wildman–Crippen MR) is 76.6 cm³/mol. The van der Waals surface area contributed by atoms with E-state index in [0.29, 0.717) is 13.0 Å². The van der Waals surface area contributed by atoms with Crippen molar-refractivity contribution in [1.29, 1.82) is 0 Å². The maximum absolute atomic E-state index is 12.4. The van der Waals surface area contributed by atoms with Gasteiger partial charge in [0, 0.05) is 25.4 Å². The molecule has 1 saturated heterocycles. The van der Waals surface area contributed by atoms with Crippen LogP contribution in [0.15, 0.2) is 18.3 Å². The van der Waals surface area contributed by atoms with Gasteiger partial charge in [0.2, 0.25) is 5.88 Å². The number of alkyl halides is 3. The molecule has 2 unspecified atom stereocenters. The van der Waals surface area contributed by atoms with Crippen molar-refractivity contribution in [2.45, 2.75) is 19.5 Å². The first kappa shape index (κ1) is 18.0. The van der Waals surface area contributed by atoms with Crippen LogP contribution < -0.4 is 4.74 Å². The predicted octanol–water partition coefficient (Wildman–Crippen LogP) is 2.21. The number of pyridine rings is 1. The van der Waals surface area contributed by atoms with Crippen LogP contribution in [-0.4, -0.2) is 52.7 Å². The first-order chi connectivity index (χ1) is 11.2. The standard InChI is InChI=1S/C15H17F3N2O4/c1-9-4-11(14(22)23)7-20(6-9)13(21)10-2-3-12(19-5-10)24-8-15(16,17)18/h2-3,5,9,11H,4,6-8H2,1H3,(H,22,23). The fourth-order valence-electron chi connectivity index (χ4n) is 2.63. The number of hydrogen-bond acceptors (Lipinski definition) is 4. The highest BCUT2D eigenvalue weighted by Gasteiger charge is 2.32. The molecular formula is C15H17F3N2O4. The minimum atomic E-state index is -4.47. The summed E-state index contributed by atoms with van der Waals surface area (Å²) in [5, 5.41) is 9.13. The van der Waals surface area contributed by atoms with E-state index in [1.165, 1.54) is 17.0 Å². The maximum Gasteiger partial charge on any atom is 0.422 e. The summed E-state index contributed by atoms with van der Waals surface area (Å²) in [6.07, 6.45) is -2.84. The average Bonchev–Trinajstić information content (AvgIpc) is 2.51. The Balaban J connectivity index is 2.02. The molecule has 1 aromatic rings. The molecule has 0 bridgehead atoms. The number of halogens is 3. The Hall–Kier alpha value is -2.32. The lowest BCUT2D eigenvalue weighted by Gasteiger charge is -2.34. The van der Waals surface area contributed by atoms with E-state index in [4.69, 9.17) is 5.11 Å². The van der Waals surface area contributed by atoms with E-state index in [-0.39, 0.29) is 23.9 Å². The second-order valence-electron chi connectivity index (χ2n) is 5.88. The molecule has 24 heavy (non-hydrogen) atoms. The molecule has 1 amide bonds. The summed E-state index contributed by atoms with van der Waals surface area (Å²) in [7, 11) is 0. The number of rotatable bonds is 4. The highest BCUT2D eigenvalue weighted by molar-refractivity contribution is 5.94. The van der Waals surface area contributed by atoms with Crippen LogP contribution in [0.3, 0.4) is 0 Å². The molecule has 0 spiro atoms. The molecule has 1 aliphatic rings. The van der Waals surface area contributed by atoms with E-state index < -0.39 is 30.6 Å². The van der Waals surface area contributed by atoms with Crippen LogP contribution in [0.2, 0.25) is 0 Å². The topological polar surface area (TPSA) is 79.7 Å². The maximum atomic E-state index is 12.4. The smallest absolute Gasteiger partial charge is 0.422 e. The van der Waals surface area contributed by atoms with Crippen LogP contribution in [-0.2, 0) is 4.79 Å². The molecule has 1 aliphatic heterocycles. The van der Waals surface area contributed by atoms with Gasteiger partial charge in [-0.25, -0.2) is 4.98 Å². The Labute approximate surface area is 136 Å². The molecule has 2 atom stereocenters. The van der Waals surface area contributed by atoms with E-state index in [2.05, 4.69) is 9.72 Å². The third kappa shape index (κ3) is 4.84. The Morgan fingerprint density at radius 3 is 2.62 bits per heavy atom. The zero-order valence-corrected chi connectivity index (χ0v) is 12.9. The molecule has 132 valence electrons. The summed E-state index contributed by atoms with van der Waals surface area (Å²) in [5.41, 5.74) is 0.174. The fourth-order valence-corrected chi connectivity index (χ4v) is 2.63. The normalized spacial score (nSPS) is 21.4. The summed E-state index contributed by atoms with van der Waals surface area (Å²) in [4.78, 5) is 28.7. The largest absolute Gasteiger partial charge is 0.481 e. The van der Waals surface area contributed by atoms with E-state index in [1.54, 1.807) is 0 Å². The quantitative estimate of drug-likeness (QED) is 0.904. The molecular weight excluding hydrogens is 329 g/mol. The lowest BCUT2D eigenvalue weighted by Crippen LogP contribution is -2.45. The number of aromatic nitrogens is 1. The lowest BCUT2D eigenvalue weighted by atomic mass is 9.90. The number of likely N-dealkylation sites (tertiary alicyclic amines) is 1. The second kappa shape index (κ2) is 7.06. The van der Waals surface area contributed by atoms with Gasteiger partial charge in [0.15, 0.2) is 6.61 Å². The van der Waals surface area contributed by atoms with E-state index in [1.807, 2.05) is 6.92 Å². The van der Waals surface area contributed by atoms with E-state index in [0.717, 1.165) is 6.20 Å². The number of amides is 1. The third-order valence-electron chi connectivity index (χ3n) is 3.66. The molecule has 0 radical (unpaired) electrons. The number of hydrogen-bond donors (Lipinski definition) is 1. The first-order valence-electron chi connectivity index (χ1n) is 7.33. The van der Waals surface area contributed by atoms with Gasteiger partial charge < -0.3 is 14.7 Å². The summed E-state index contributed by atoms with van der Waals surface area (Å²) in [5.74, 6) is -2.17. The number of carboxylic acid groups (broad SMARTS) is 1. The number of carbonyl (C=O) groups is 2. The number of piperidine rings is 1. The number of nitrogens with zero attached hydrogens (tertiary/aromatic N) is 2. The number of aliphatic carboxylic acids is 1. The van der Waals surface area contributed by atoms with Gasteiger partial charge in [-0.1, -0.05) is 6.92 Å². The van der Waals surface area contributed by atoms with Crippen LogP contribution in [0.5, 0.6) is 5.88 Å². The Morgan fingerprint density at radius 2 is 2.08 bits per heavy atom. The van der Waals surface area contributed by atoms with Crippen molar-refractivity contribution in [3.8, 4) is 5.88 Å². The van der Waals surface area contributed by atoms with Gasteiger partial charge in [0.25, 0.3) is 5.91 Å². The van der Waals surface area contributed by atoms with Crippen molar-refractivity contribution >= 4 is 11.9 Å². The van der Waals surface area contributed by atoms with Gasteiger partial charge >= 0.3 is 12.1 Å². The van der Waals surface area contributed by atoms with Crippen molar-refractivity contribution in [1.82, 2.24) is 9.88 Å². The van der Waals surface area contributed by atoms with Crippen molar-refractivity contribution in [2.75, 3.05) is 19.7 Å². The highest BCUT2D eigenvalue weighted by Crippen LogP contribution is 2.24. The second-order valence-corrected chi connectivity index (χ2v) is 5.88. The molecule has 9 heteroatoms. The van der Waals surface area contributed by atoms with Crippen LogP contribution in [0.25, 0.3) is 0 Å². The number of carbonyl (C=O) groups excluding carboxylic acids is 1. The van der Waals surface area contributed by atoms with Crippen LogP contribution >= 0.6 is 0 Å². The van der Waals surface area contributed by atoms with Crippen molar-refractivity contribution in [3.05, 3.63) is 23.9 Å². The molecule has 2 heterocycles. The SMILES string of the molecule is CC1CC(C(=O)O)CN(C(=O)c2ccc(OCC(F)(F)F)nc2)C1. The third-order valence-corrected chi connectivity index (χ3v) is 3.66. The van der Waals surface area contributed by atoms with Crippen LogP contribution in [0.1, 0.15) is 23.7 Å². The van der Waals surface area contributed by atoms with Gasteiger partial charge in [-0.15, -0.1) is 0 Å². The molecule has 6 nitrogen and oxygen atoms in total. The summed E-state index contributed by atoms with van der Waals surface area (Å²) < 4.78 is 40.7. The van der Waals surface area contributed by atoms with Crippen molar-refractivity contribution in [3.63, 3.8) is 0 Å². The van der Waals surface area contributed by atoms with Gasteiger partial charge in [0.1, 0.15) is 0 Å². The molecule has 1 fully saturated rings. The molecule has 2 rings (SSSR count). The zero-order valence-electron chi connectivity index (χ0n) is 12.9. The zero-order chi connectivity index (χ0) is 17.9. The van der Waals surface area contributed by atoms with Crippen LogP contribution in [0, 0.1) is 11.8 Å². The number of carboxylic acids is 1. The average molecular weight is 346 g/mol. The summed E-state index contributed by atoms with van der Waals surface area (Å²) in [6.45, 7) is 0.929. The minimum absolute atomic E-state index is 0.0474. The van der Waals surface area contributed by atoms with Gasteiger partial charge in [-0.3, -0.25) is 9.59 Å². The van der Waals surface area contributed by atoms with Gasteiger partial charge in [0.05, 0.1) is 11.5 Å². The Bertz CT molecular complexity index is 604. The minimum Gasteiger partial charge on any atom is -0.481 e. The molecule has 0 aliphatic carbocycles. The Kier molecular flexibility index (Phi) is 5.30. The van der Waals surface area contributed by atoms with Gasteiger partial charge in [-0.2, -0.15) is 13.2 Å². The van der Waals surface area contributed by atoms with Crippen molar-refractivity contribution in [2.24, 2.45) is 11.8 Å². The monoisotopic (exact) mass is 346 g/mol. The molecule has 0 saturated carbocycles. The summed E-state index contributed by atoms with van der Waals surface area (Å²) >= 11 is 0. The number of ether oxygens (including phenoxy) is 1. The Morgan fingerprint density at radius 1 is 1.38 bits per heavy atom. The van der Waals surface area contributed by atoms with Crippen LogP contribution in [0.4, 0.5) is 13.2 Å². The van der Waals surface area contributed by atoms with E-state index >= 15 is 0 Å². The summed E-state index contributed by atoms with van der Waals surface area (Å²) in [6, 6.07) is 2.50. The van der Waals surface area contributed by atoms with Crippen molar-refractivity contribution < 1.29 is 32.6 Å². The van der Waals surface area contributed by atoms with Gasteiger partial charge in [-0.05, 0) is 18.4 Å². The highest BCUT2D eigenvalue weighted by atomic mass is 19.4. The first-order valence-corrected chi connectivity index (χ1v) is 7.33. The fraction of sp³-hybridized carbons (Fsp3) is 0.533. The van der Waals surface area contributed by atoms with E-state index in [9.17, 15) is 22.8 Å². The molecule has 1 aromatic heterocycles. The molecule has 1 N–H and O–H groups in total.